The summed E-state index contributed by atoms with van der Waals surface area (Å²) in [4.78, 5) is 2.35. The molecular formula is C16H23NO3. The first-order chi connectivity index (χ1) is 9.56. The summed E-state index contributed by atoms with van der Waals surface area (Å²) < 4.78 is 5.13. The van der Waals surface area contributed by atoms with Gasteiger partial charge in [0.05, 0.1) is 13.2 Å². The number of phenols is 1. The van der Waals surface area contributed by atoms with Crippen LogP contribution in [0.25, 0.3) is 0 Å². The van der Waals surface area contributed by atoms with E-state index in [0.717, 1.165) is 32.2 Å². The van der Waals surface area contributed by atoms with Crippen molar-refractivity contribution in [3.63, 3.8) is 0 Å². The number of aromatic hydroxyl groups is 1. The molecule has 1 aliphatic heterocycles. The minimum absolute atomic E-state index is 0.0672. The average Bonchev–Trinajstić information content (AvgIpc) is 2.77. The van der Waals surface area contributed by atoms with E-state index in [0.29, 0.717) is 11.8 Å². The van der Waals surface area contributed by atoms with Gasteiger partial charge in [-0.05, 0) is 57.0 Å². The lowest BCUT2D eigenvalue weighted by Crippen LogP contribution is -2.47. The summed E-state index contributed by atoms with van der Waals surface area (Å²) in [7, 11) is 3.70. The third-order valence-corrected chi connectivity index (χ3v) is 5.25. The van der Waals surface area contributed by atoms with E-state index in [1.165, 1.54) is 5.56 Å². The molecule has 3 atom stereocenters. The number of hydrogen-bond donors (Lipinski definition) is 2. The first-order valence-electron chi connectivity index (χ1n) is 7.32. The second-order valence-corrected chi connectivity index (χ2v) is 6.22. The van der Waals surface area contributed by atoms with Crippen molar-refractivity contribution in [1.29, 1.82) is 0 Å². The molecule has 0 radical (unpaired) electrons. The number of fused-ring (bicyclic) bond motifs is 1. The van der Waals surface area contributed by atoms with E-state index in [4.69, 9.17) is 4.74 Å². The van der Waals surface area contributed by atoms with Crippen LogP contribution in [0.1, 0.15) is 31.2 Å². The zero-order chi connectivity index (χ0) is 14.3. The summed E-state index contributed by atoms with van der Waals surface area (Å²) in [6.45, 7) is 1.05. The fourth-order valence-electron chi connectivity index (χ4n) is 4.10. The van der Waals surface area contributed by atoms with Crippen LogP contribution in [0.2, 0.25) is 0 Å². The van der Waals surface area contributed by atoms with E-state index >= 15 is 0 Å². The molecular weight excluding hydrogens is 254 g/mol. The molecule has 2 fully saturated rings. The van der Waals surface area contributed by atoms with Crippen molar-refractivity contribution in [3.05, 3.63) is 23.8 Å². The van der Waals surface area contributed by atoms with Crippen LogP contribution in [0.15, 0.2) is 18.2 Å². The Kier molecular flexibility index (Phi) is 3.38. The molecule has 0 bridgehead atoms. The fourth-order valence-corrected chi connectivity index (χ4v) is 4.10. The first kappa shape index (κ1) is 13.7. The van der Waals surface area contributed by atoms with Crippen LogP contribution in [-0.2, 0) is 5.41 Å². The van der Waals surface area contributed by atoms with Gasteiger partial charge < -0.3 is 19.8 Å². The number of rotatable bonds is 2. The molecule has 0 aromatic heterocycles. The summed E-state index contributed by atoms with van der Waals surface area (Å²) in [5, 5.41) is 20.0. The molecule has 0 unspecified atom stereocenters. The van der Waals surface area contributed by atoms with Gasteiger partial charge in [-0.15, -0.1) is 0 Å². The van der Waals surface area contributed by atoms with Crippen molar-refractivity contribution in [2.75, 3.05) is 20.7 Å². The molecule has 110 valence electrons. The summed E-state index contributed by atoms with van der Waals surface area (Å²) in [6.07, 6.45) is 3.54. The third kappa shape index (κ3) is 1.98. The first-order valence-corrected chi connectivity index (χ1v) is 7.32. The number of benzene rings is 1. The molecule has 1 saturated carbocycles. The number of ether oxygens (including phenoxy) is 1. The Morgan fingerprint density at radius 2 is 2.15 bits per heavy atom. The zero-order valence-electron chi connectivity index (χ0n) is 12.2. The largest absolute Gasteiger partial charge is 0.504 e. The Labute approximate surface area is 120 Å². The lowest BCUT2D eigenvalue weighted by atomic mass is 9.65. The molecule has 0 amide bonds. The van der Waals surface area contributed by atoms with Crippen LogP contribution in [0.5, 0.6) is 11.5 Å². The van der Waals surface area contributed by atoms with Crippen molar-refractivity contribution < 1.29 is 14.9 Å². The summed E-state index contributed by atoms with van der Waals surface area (Å²) in [5.41, 5.74) is 1.25. The minimum atomic E-state index is -0.194. The Hall–Kier alpha value is -1.26. The molecule has 3 rings (SSSR count). The average molecular weight is 277 g/mol. The quantitative estimate of drug-likeness (QED) is 0.867. The highest BCUT2D eigenvalue weighted by molar-refractivity contribution is 5.45. The highest BCUT2D eigenvalue weighted by Crippen LogP contribution is 2.49. The van der Waals surface area contributed by atoms with Crippen molar-refractivity contribution >= 4 is 0 Å². The van der Waals surface area contributed by atoms with Crippen molar-refractivity contribution in [2.24, 2.45) is 0 Å². The molecule has 20 heavy (non-hydrogen) atoms. The maximum absolute atomic E-state index is 10.1. The van der Waals surface area contributed by atoms with E-state index in [2.05, 4.69) is 18.0 Å². The predicted molar refractivity (Wildman–Crippen MR) is 77.2 cm³/mol. The van der Waals surface area contributed by atoms with Gasteiger partial charge in [0, 0.05) is 11.5 Å². The van der Waals surface area contributed by atoms with Gasteiger partial charge in [0.15, 0.2) is 11.5 Å². The molecule has 4 nitrogen and oxygen atoms in total. The number of likely N-dealkylation sites (N-methyl/N-ethyl adjacent to an activating group) is 1. The number of aliphatic hydroxyl groups is 1. The third-order valence-electron chi connectivity index (χ3n) is 5.25. The molecule has 1 saturated heterocycles. The number of nitrogens with zero attached hydrogens (tertiary/aromatic N) is 1. The van der Waals surface area contributed by atoms with Gasteiger partial charge in [-0.25, -0.2) is 0 Å². The smallest absolute Gasteiger partial charge is 0.160 e. The van der Waals surface area contributed by atoms with Gasteiger partial charge in [0.25, 0.3) is 0 Å². The van der Waals surface area contributed by atoms with Gasteiger partial charge in [-0.3, -0.25) is 0 Å². The SMILES string of the molecule is COc1ccc([C@@]23CC[C@H](O)C[C@@H]2N(C)CC3)cc1O. The Balaban J connectivity index is 2.00. The normalized spacial score (nSPS) is 34.0. The van der Waals surface area contributed by atoms with Crippen LogP contribution < -0.4 is 4.74 Å². The Bertz CT molecular complexity index is 504. The molecule has 1 aromatic carbocycles. The Morgan fingerprint density at radius 1 is 1.35 bits per heavy atom. The maximum Gasteiger partial charge on any atom is 0.160 e. The van der Waals surface area contributed by atoms with E-state index in [1.807, 2.05) is 12.1 Å². The van der Waals surface area contributed by atoms with Gasteiger partial charge in [-0.1, -0.05) is 6.07 Å². The number of hydrogen-bond acceptors (Lipinski definition) is 4. The highest BCUT2D eigenvalue weighted by Gasteiger charge is 2.50. The summed E-state index contributed by atoms with van der Waals surface area (Å²) >= 11 is 0. The van der Waals surface area contributed by atoms with Crippen molar-refractivity contribution in [1.82, 2.24) is 4.90 Å². The van der Waals surface area contributed by atoms with Crippen LogP contribution in [0.4, 0.5) is 0 Å². The van der Waals surface area contributed by atoms with E-state index in [1.54, 1.807) is 7.11 Å². The van der Waals surface area contributed by atoms with E-state index in [-0.39, 0.29) is 17.3 Å². The number of aliphatic hydroxyl groups excluding tert-OH is 1. The summed E-state index contributed by atoms with van der Waals surface area (Å²) in [5.74, 6) is 0.725. The second kappa shape index (κ2) is 4.93. The zero-order valence-corrected chi connectivity index (χ0v) is 12.2. The lowest BCUT2D eigenvalue weighted by Gasteiger charge is -2.43. The molecule has 2 aliphatic rings. The molecule has 2 N–H and O–H groups in total. The van der Waals surface area contributed by atoms with Gasteiger partial charge >= 0.3 is 0 Å². The van der Waals surface area contributed by atoms with Gasteiger partial charge in [-0.2, -0.15) is 0 Å². The van der Waals surface area contributed by atoms with Crippen LogP contribution >= 0.6 is 0 Å². The predicted octanol–water partition coefficient (Wildman–Crippen LogP) is 1.89. The van der Waals surface area contributed by atoms with Gasteiger partial charge in [0.2, 0.25) is 0 Å². The van der Waals surface area contributed by atoms with Crippen molar-refractivity contribution in [3.8, 4) is 11.5 Å². The van der Waals surface area contributed by atoms with Crippen LogP contribution in [-0.4, -0.2) is 48.0 Å². The molecule has 1 aliphatic carbocycles. The number of likely N-dealkylation sites (tertiary alicyclic amines) is 1. The lowest BCUT2D eigenvalue weighted by molar-refractivity contribution is 0.0566. The topological polar surface area (TPSA) is 52.9 Å². The van der Waals surface area contributed by atoms with Crippen LogP contribution in [0.3, 0.4) is 0 Å². The second-order valence-electron chi connectivity index (χ2n) is 6.22. The maximum atomic E-state index is 10.1. The van der Waals surface area contributed by atoms with Crippen LogP contribution in [0, 0.1) is 0 Å². The minimum Gasteiger partial charge on any atom is -0.504 e. The summed E-state index contributed by atoms with van der Waals surface area (Å²) in [6, 6.07) is 6.13. The Morgan fingerprint density at radius 3 is 2.85 bits per heavy atom. The highest BCUT2D eigenvalue weighted by atomic mass is 16.5. The molecule has 0 spiro atoms. The number of methoxy groups -OCH3 is 1. The number of phenolic OH excluding ortho intramolecular Hbond substituents is 1. The van der Waals surface area contributed by atoms with E-state index in [9.17, 15) is 10.2 Å². The van der Waals surface area contributed by atoms with Gasteiger partial charge in [0.1, 0.15) is 0 Å². The monoisotopic (exact) mass is 277 g/mol. The molecule has 1 aromatic rings. The van der Waals surface area contributed by atoms with Crippen molar-refractivity contribution in [2.45, 2.75) is 43.2 Å². The van der Waals surface area contributed by atoms with E-state index < -0.39 is 0 Å². The molecule has 4 heteroatoms. The molecule has 1 heterocycles. The standard InChI is InChI=1S/C16H23NO3/c1-17-8-7-16(6-5-12(18)10-15(16)17)11-3-4-14(20-2)13(19)9-11/h3-4,9,12,15,18-19H,5-8,10H2,1-2H3/t12-,15-,16-/m0/s1. The fraction of sp³-hybridized carbons (Fsp3) is 0.625.